The molecule has 2 rings (SSSR count). The van der Waals surface area contributed by atoms with E-state index in [-0.39, 0.29) is 5.75 Å². The number of nitroso groups, excluding NO2 is 1. The molecule has 1 aromatic rings. The number of nitrogens with zero attached hydrogens (tertiary/aromatic N) is 2. The monoisotopic (exact) mass is 244 g/mol. The summed E-state index contributed by atoms with van der Waals surface area (Å²) in [6.07, 6.45) is 4.35. The number of benzene rings is 1. The van der Waals surface area contributed by atoms with Crippen molar-refractivity contribution in [2.75, 3.05) is 0 Å². The molecule has 0 aromatic heterocycles. The number of rotatable bonds is 3. The van der Waals surface area contributed by atoms with E-state index in [0.29, 0.717) is 12.8 Å². The van der Waals surface area contributed by atoms with Crippen molar-refractivity contribution in [1.82, 2.24) is 0 Å². The molecule has 1 unspecified atom stereocenters. The van der Waals surface area contributed by atoms with Crippen molar-refractivity contribution in [3.63, 3.8) is 0 Å². The molecular formula is C14H16N2O2. The van der Waals surface area contributed by atoms with Gasteiger partial charge < -0.3 is 5.11 Å². The number of phenols is 1. The van der Waals surface area contributed by atoms with E-state index in [1.54, 1.807) is 24.3 Å². The van der Waals surface area contributed by atoms with Crippen LogP contribution in [0.4, 0.5) is 0 Å². The summed E-state index contributed by atoms with van der Waals surface area (Å²) >= 11 is 0. The van der Waals surface area contributed by atoms with Crippen LogP contribution in [0.25, 0.3) is 0 Å². The van der Waals surface area contributed by atoms with E-state index < -0.39 is 11.5 Å². The summed E-state index contributed by atoms with van der Waals surface area (Å²) in [6.45, 7) is 0. The fourth-order valence-corrected chi connectivity index (χ4v) is 2.77. The lowest BCUT2D eigenvalue weighted by molar-refractivity contribution is 0.274. The van der Waals surface area contributed by atoms with Crippen LogP contribution in [0.3, 0.4) is 0 Å². The lowest BCUT2D eigenvalue weighted by atomic mass is 9.71. The van der Waals surface area contributed by atoms with Crippen LogP contribution >= 0.6 is 0 Å². The molecule has 1 aromatic carbocycles. The van der Waals surface area contributed by atoms with Crippen LogP contribution in [-0.2, 0) is 0 Å². The van der Waals surface area contributed by atoms with Gasteiger partial charge in [-0.2, -0.15) is 10.2 Å². The average Bonchev–Trinajstić information content (AvgIpc) is 2.43. The third kappa shape index (κ3) is 2.21. The summed E-state index contributed by atoms with van der Waals surface area (Å²) < 4.78 is 0. The summed E-state index contributed by atoms with van der Waals surface area (Å²) in [5.74, 6) is -0.358. The predicted octanol–water partition coefficient (Wildman–Crippen LogP) is 3.47. The highest BCUT2D eigenvalue weighted by Gasteiger charge is 2.42. The number of hydrogen-bond acceptors (Lipinski definition) is 4. The largest absolute Gasteiger partial charge is 0.508 e. The molecule has 1 aliphatic carbocycles. The fourth-order valence-electron chi connectivity index (χ4n) is 2.77. The highest BCUT2D eigenvalue weighted by atomic mass is 16.3. The first-order chi connectivity index (χ1) is 8.72. The lowest BCUT2D eigenvalue weighted by Gasteiger charge is -2.34. The Hall–Kier alpha value is -1.89. The first kappa shape index (κ1) is 12.6. The van der Waals surface area contributed by atoms with Crippen molar-refractivity contribution >= 4 is 0 Å². The van der Waals surface area contributed by atoms with Crippen molar-refractivity contribution in [1.29, 1.82) is 5.26 Å². The summed E-state index contributed by atoms with van der Waals surface area (Å²) in [7, 11) is 0. The van der Waals surface area contributed by atoms with Gasteiger partial charge in [0.2, 0.25) is 0 Å². The number of phenolic OH excluding ortho intramolecular Hbond substituents is 1. The zero-order chi connectivity index (χ0) is 13.0. The van der Waals surface area contributed by atoms with E-state index in [9.17, 15) is 15.3 Å². The second-order valence-corrected chi connectivity index (χ2v) is 4.91. The standard InChI is InChI=1S/C14H16N2O2/c15-10-13(11-4-6-12(17)7-5-11)14(16-18)8-2-1-3-9-14/h4-7,13,17H,1-3,8-9H2. The topological polar surface area (TPSA) is 73.4 Å². The van der Waals surface area contributed by atoms with Gasteiger partial charge in [0.25, 0.3) is 0 Å². The van der Waals surface area contributed by atoms with Crippen LogP contribution in [0.2, 0.25) is 0 Å². The number of nitriles is 1. The Bertz CT molecular complexity index is 456. The maximum absolute atomic E-state index is 11.3. The Balaban J connectivity index is 2.34. The Morgan fingerprint density at radius 2 is 1.83 bits per heavy atom. The maximum Gasteiger partial charge on any atom is 0.122 e. The fraction of sp³-hybridized carbons (Fsp3) is 0.500. The van der Waals surface area contributed by atoms with Gasteiger partial charge in [-0.1, -0.05) is 36.6 Å². The second-order valence-electron chi connectivity index (χ2n) is 4.91. The van der Waals surface area contributed by atoms with E-state index in [1.807, 2.05) is 0 Å². The highest BCUT2D eigenvalue weighted by molar-refractivity contribution is 5.34. The maximum atomic E-state index is 11.3. The molecule has 18 heavy (non-hydrogen) atoms. The second kappa shape index (κ2) is 5.18. The molecule has 94 valence electrons. The molecule has 0 aliphatic heterocycles. The van der Waals surface area contributed by atoms with Crippen LogP contribution in [0.1, 0.15) is 43.6 Å². The predicted molar refractivity (Wildman–Crippen MR) is 68.1 cm³/mol. The Morgan fingerprint density at radius 3 is 2.33 bits per heavy atom. The molecule has 0 amide bonds. The Kier molecular flexibility index (Phi) is 3.61. The Labute approximate surface area is 106 Å². The molecule has 0 bridgehead atoms. The zero-order valence-corrected chi connectivity index (χ0v) is 10.2. The summed E-state index contributed by atoms with van der Waals surface area (Å²) in [5, 5.41) is 22.0. The number of aromatic hydroxyl groups is 1. The van der Waals surface area contributed by atoms with E-state index >= 15 is 0 Å². The third-order valence-electron chi connectivity index (χ3n) is 3.79. The van der Waals surface area contributed by atoms with E-state index in [4.69, 9.17) is 0 Å². The molecule has 0 radical (unpaired) electrons. The van der Waals surface area contributed by atoms with Gasteiger partial charge in [0.1, 0.15) is 11.3 Å². The van der Waals surface area contributed by atoms with E-state index in [0.717, 1.165) is 24.8 Å². The minimum atomic E-state index is -0.788. The molecular weight excluding hydrogens is 228 g/mol. The SMILES string of the molecule is N#CC(c1ccc(O)cc1)C1(N=O)CCCCC1. The lowest BCUT2D eigenvalue weighted by Crippen LogP contribution is -2.35. The van der Waals surface area contributed by atoms with Gasteiger partial charge in [-0.3, -0.25) is 0 Å². The molecule has 1 N–H and O–H groups in total. The van der Waals surface area contributed by atoms with E-state index in [2.05, 4.69) is 11.2 Å². The molecule has 1 fully saturated rings. The van der Waals surface area contributed by atoms with Crippen molar-refractivity contribution in [3.8, 4) is 11.8 Å². The zero-order valence-electron chi connectivity index (χ0n) is 10.2. The number of hydrogen-bond donors (Lipinski definition) is 1. The highest BCUT2D eigenvalue weighted by Crippen LogP contribution is 2.42. The van der Waals surface area contributed by atoms with Gasteiger partial charge in [-0.15, -0.1) is 0 Å². The molecule has 4 heteroatoms. The van der Waals surface area contributed by atoms with Crippen molar-refractivity contribution in [3.05, 3.63) is 34.7 Å². The van der Waals surface area contributed by atoms with Gasteiger partial charge in [0.15, 0.2) is 0 Å². The van der Waals surface area contributed by atoms with Crippen LogP contribution in [0.5, 0.6) is 5.75 Å². The minimum absolute atomic E-state index is 0.159. The van der Waals surface area contributed by atoms with Crippen molar-refractivity contribution in [2.24, 2.45) is 5.18 Å². The molecule has 1 aliphatic rings. The van der Waals surface area contributed by atoms with Gasteiger partial charge in [-0.05, 0) is 30.5 Å². The summed E-state index contributed by atoms with van der Waals surface area (Å²) in [4.78, 5) is 11.3. The quantitative estimate of drug-likeness (QED) is 0.827. The molecule has 4 nitrogen and oxygen atoms in total. The van der Waals surface area contributed by atoms with Crippen molar-refractivity contribution in [2.45, 2.75) is 43.6 Å². The normalized spacial score (nSPS) is 19.7. The minimum Gasteiger partial charge on any atom is -0.508 e. The smallest absolute Gasteiger partial charge is 0.122 e. The Morgan fingerprint density at radius 1 is 1.22 bits per heavy atom. The summed E-state index contributed by atoms with van der Waals surface area (Å²) in [5.41, 5.74) is -0.0268. The molecule has 0 spiro atoms. The van der Waals surface area contributed by atoms with Gasteiger partial charge >= 0.3 is 0 Å². The van der Waals surface area contributed by atoms with Gasteiger partial charge in [-0.25, -0.2) is 0 Å². The molecule has 1 atom stereocenters. The van der Waals surface area contributed by atoms with Gasteiger partial charge in [0, 0.05) is 0 Å². The van der Waals surface area contributed by atoms with Crippen LogP contribution in [0, 0.1) is 16.2 Å². The first-order valence-electron chi connectivity index (χ1n) is 6.25. The van der Waals surface area contributed by atoms with Crippen LogP contribution in [0.15, 0.2) is 29.4 Å². The van der Waals surface area contributed by atoms with Crippen LogP contribution < -0.4 is 0 Å². The third-order valence-corrected chi connectivity index (χ3v) is 3.79. The van der Waals surface area contributed by atoms with Gasteiger partial charge in [0.05, 0.1) is 12.0 Å². The van der Waals surface area contributed by atoms with E-state index in [1.165, 1.54) is 0 Å². The molecule has 0 heterocycles. The first-order valence-corrected chi connectivity index (χ1v) is 6.25. The molecule has 1 saturated carbocycles. The van der Waals surface area contributed by atoms with Crippen molar-refractivity contribution < 1.29 is 5.11 Å². The molecule has 0 saturated heterocycles. The summed E-state index contributed by atoms with van der Waals surface area (Å²) in [6, 6.07) is 8.71. The van der Waals surface area contributed by atoms with Crippen LogP contribution in [-0.4, -0.2) is 10.6 Å². The average molecular weight is 244 g/mol.